The number of nitrogens with two attached hydrogens (primary N) is 1. The molecule has 1 saturated carbocycles. The van der Waals surface area contributed by atoms with Gasteiger partial charge in [-0.3, -0.25) is 9.59 Å². The van der Waals surface area contributed by atoms with Crippen molar-refractivity contribution in [1.29, 1.82) is 0 Å². The van der Waals surface area contributed by atoms with Gasteiger partial charge in [0.15, 0.2) is 0 Å². The molecular formula is C15H27N3O2. The number of nitrogens with one attached hydrogen (secondary N) is 1. The number of likely N-dealkylation sites (tertiary alicyclic amines) is 1. The van der Waals surface area contributed by atoms with E-state index in [0.717, 1.165) is 58.2 Å². The predicted octanol–water partition coefficient (Wildman–Crippen LogP) is 1.02. The summed E-state index contributed by atoms with van der Waals surface area (Å²) in [5, 5.41) is 2.86. The molecule has 2 fully saturated rings. The maximum atomic E-state index is 12.6. The number of piperidine rings is 1. The highest BCUT2D eigenvalue weighted by molar-refractivity contribution is 5.86. The summed E-state index contributed by atoms with van der Waals surface area (Å²) in [6.45, 7) is 3.83. The van der Waals surface area contributed by atoms with Crippen LogP contribution in [-0.2, 0) is 9.59 Å². The summed E-state index contributed by atoms with van der Waals surface area (Å²) in [6.07, 6.45) is 6.92. The van der Waals surface area contributed by atoms with Gasteiger partial charge in [0, 0.05) is 26.6 Å². The lowest BCUT2D eigenvalue weighted by Gasteiger charge is -2.40. The van der Waals surface area contributed by atoms with Crippen LogP contribution >= 0.6 is 0 Å². The molecule has 1 heterocycles. The number of carbonyl (C=O) groups is 2. The number of nitrogens with zero attached hydrogens (tertiary/aromatic N) is 1. The SMILES string of the molecule is CC(=O)NCC1CCN(C(=O)C2(N)CCCCC2)CC1. The lowest BCUT2D eigenvalue weighted by Crippen LogP contribution is -2.57. The molecule has 2 aliphatic rings. The number of amides is 2. The molecule has 3 N–H and O–H groups in total. The van der Waals surface area contributed by atoms with Gasteiger partial charge >= 0.3 is 0 Å². The van der Waals surface area contributed by atoms with Crippen molar-refractivity contribution >= 4 is 11.8 Å². The third kappa shape index (κ3) is 3.72. The molecule has 1 saturated heterocycles. The van der Waals surface area contributed by atoms with Crippen LogP contribution in [0.1, 0.15) is 51.9 Å². The Morgan fingerprint density at radius 1 is 1.20 bits per heavy atom. The fourth-order valence-corrected chi connectivity index (χ4v) is 3.34. The predicted molar refractivity (Wildman–Crippen MR) is 78.0 cm³/mol. The maximum absolute atomic E-state index is 12.6. The van der Waals surface area contributed by atoms with Crippen LogP contribution in [0.25, 0.3) is 0 Å². The zero-order valence-corrected chi connectivity index (χ0v) is 12.5. The first-order chi connectivity index (χ1) is 9.51. The molecule has 0 aromatic heterocycles. The largest absolute Gasteiger partial charge is 0.356 e. The van der Waals surface area contributed by atoms with E-state index >= 15 is 0 Å². The van der Waals surface area contributed by atoms with E-state index < -0.39 is 5.54 Å². The summed E-state index contributed by atoms with van der Waals surface area (Å²) in [5.74, 6) is 0.657. The Kier molecular flexibility index (Phi) is 5.02. The van der Waals surface area contributed by atoms with Crippen LogP contribution in [-0.4, -0.2) is 41.9 Å². The molecule has 114 valence electrons. The Bertz CT molecular complexity index is 356. The second-order valence-corrected chi connectivity index (χ2v) is 6.39. The van der Waals surface area contributed by atoms with Crippen molar-refractivity contribution in [2.75, 3.05) is 19.6 Å². The second-order valence-electron chi connectivity index (χ2n) is 6.39. The van der Waals surface area contributed by atoms with Crippen LogP contribution in [0, 0.1) is 5.92 Å². The molecule has 0 unspecified atom stereocenters. The zero-order chi connectivity index (χ0) is 14.6. The molecule has 5 nitrogen and oxygen atoms in total. The topological polar surface area (TPSA) is 75.4 Å². The van der Waals surface area contributed by atoms with Gasteiger partial charge in [-0.1, -0.05) is 19.3 Å². The van der Waals surface area contributed by atoms with E-state index in [9.17, 15) is 9.59 Å². The first-order valence-corrected chi connectivity index (χ1v) is 7.84. The molecular weight excluding hydrogens is 254 g/mol. The monoisotopic (exact) mass is 281 g/mol. The first-order valence-electron chi connectivity index (χ1n) is 7.84. The maximum Gasteiger partial charge on any atom is 0.242 e. The fourth-order valence-electron chi connectivity index (χ4n) is 3.34. The Morgan fingerprint density at radius 3 is 2.35 bits per heavy atom. The van der Waals surface area contributed by atoms with Gasteiger partial charge in [-0.25, -0.2) is 0 Å². The van der Waals surface area contributed by atoms with E-state index in [1.54, 1.807) is 6.92 Å². The zero-order valence-electron chi connectivity index (χ0n) is 12.5. The molecule has 0 atom stereocenters. The lowest BCUT2D eigenvalue weighted by molar-refractivity contribution is -0.139. The van der Waals surface area contributed by atoms with Crippen molar-refractivity contribution in [3.8, 4) is 0 Å². The van der Waals surface area contributed by atoms with Crippen LogP contribution in [0.3, 0.4) is 0 Å². The van der Waals surface area contributed by atoms with Gasteiger partial charge in [-0.15, -0.1) is 0 Å². The molecule has 5 heteroatoms. The summed E-state index contributed by atoms with van der Waals surface area (Å²) in [7, 11) is 0. The van der Waals surface area contributed by atoms with E-state index in [1.165, 1.54) is 6.42 Å². The van der Waals surface area contributed by atoms with Crippen molar-refractivity contribution < 1.29 is 9.59 Å². The Morgan fingerprint density at radius 2 is 1.80 bits per heavy atom. The van der Waals surface area contributed by atoms with Gasteiger partial charge < -0.3 is 16.0 Å². The number of hydrogen-bond donors (Lipinski definition) is 2. The number of rotatable bonds is 3. The van der Waals surface area contributed by atoms with E-state index in [2.05, 4.69) is 5.32 Å². The smallest absolute Gasteiger partial charge is 0.242 e. The van der Waals surface area contributed by atoms with Crippen molar-refractivity contribution in [2.24, 2.45) is 11.7 Å². The molecule has 0 aromatic carbocycles. The standard InChI is InChI=1S/C15H27N3O2/c1-12(19)17-11-13-5-9-18(10-6-13)14(20)15(16)7-3-2-4-8-15/h13H,2-11,16H2,1H3,(H,17,19). The summed E-state index contributed by atoms with van der Waals surface area (Å²) in [6, 6.07) is 0. The second kappa shape index (κ2) is 6.57. The van der Waals surface area contributed by atoms with Gasteiger partial charge in [-0.2, -0.15) is 0 Å². The minimum absolute atomic E-state index is 0.0200. The highest BCUT2D eigenvalue weighted by Gasteiger charge is 2.39. The summed E-state index contributed by atoms with van der Waals surface area (Å²) in [4.78, 5) is 25.4. The average molecular weight is 281 g/mol. The third-order valence-corrected chi connectivity index (χ3v) is 4.71. The fraction of sp³-hybridized carbons (Fsp3) is 0.867. The van der Waals surface area contributed by atoms with E-state index in [1.807, 2.05) is 4.90 Å². The van der Waals surface area contributed by atoms with Crippen LogP contribution in [0.2, 0.25) is 0 Å². The van der Waals surface area contributed by atoms with Crippen LogP contribution < -0.4 is 11.1 Å². The van der Waals surface area contributed by atoms with Crippen molar-refractivity contribution in [1.82, 2.24) is 10.2 Å². The highest BCUT2D eigenvalue weighted by Crippen LogP contribution is 2.29. The van der Waals surface area contributed by atoms with Crippen LogP contribution in [0.15, 0.2) is 0 Å². The number of hydrogen-bond acceptors (Lipinski definition) is 3. The first kappa shape index (κ1) is 15.3. The molecule has 0 spiro atoms. The van der Waals surface area contributed by atoms with Gasteiger partial charge in [-0.05, 0) is 31.6 Å². The van der Waals surface area contributed by atoms with Gasteiger partial charge in [0.25, 0.3) is 0 Å². The minimum Gasteiger partial charge on any atom is -0.356 e. The molecule has 0 radical (unpaired) electrons. The quantitative estimate of drug-likeness (QED) is 0.811. The molecule has 0 bridgehead atoms. The average Bonchev–Trinajstić information content (AvgIpc) is 2.45. The van der Waals surface area contributed by atoms with Gasteiger partial charge in [0.2, 0.25) is 11.8 Å². The molecule has 2 amide bonds. The van der Waals surface area contributed by atoms with E-state index in [4.69, 9.17) is 5.73 Å². The Labute approximate surface area is 121 Å². The van der Waals surface area contributed by atoms with Gasteiger partial charge in [0.1, 0.15) is 0 Å². The van der Waals surface area contributed by atoms with Crippen LogP contribution in [0.5, 0.6) is 0 Å². The van der Waals surface area contributed by atoms with Crippen LogP contribution in [0.4, 0.5) is 0 Å². The van der Waals surface area contributed by atoms with Crippen molar-refractivity contribution in [3.05, 3.63) is 0 Å². The lowest BCUT2D eigenvalue weighted by atomic mass is 9.81. The minimum atomic E-state index is -0.608. The normalized spacial score (nSPS) is 23.4. The summed E-state index contributed by atoms with van der Waals surface area (Å²) < 4.78 is 0. The van der Waals surface area contributed by atoms with Gasteiger partial charge in [0.05, 0.1) is 5.54 Å². The Balaban J connectivity index is 1.81. The van der Waals surface area contributed by atoms with E-state index in [-0.39, 0.29) is 11.8 Å². The highest BCUT2D eigenvalue weighted by atomic mass is 16.2. The van der Waals surface area contributed by atoms with Crippen molar-refractivity contribution in [2.45, 2.75) is 57.4 Å². The molecule has 2 rings (SSSR count). The van der Waals surface area contributed by atoms with E-state index in [0.29, 0.717) is 5.92 Å². The molecule has 1 aliphatic carbocycles. The van der Waals surface area contributed by atoms with Crippen molar-refractivity contribution in [3.63, 3.8) is 0 Å². The number of carbonyl (C=O) groups excluding carboxylic acids is 2. The summed E-state index contributed by atoms with van der Waals surface area (Å²) >= 11 is 0. The molecule has 0 aromatic rings. The third-order valence-electron chi connectivity index (χ3n) is 4.71. The molecule has 20 heavy (non-hydrogen) atoms. The Hall–Kier alpha value is -1.10. The summed E-state index contributed by atoms with van der Waals surface area (Å²) in [5.41, 5.74) is 5.71. The molecule has 1 aliphatic heterocycles.